The highest BCUT2D eigenvalue weighted by molar-refractivity contribution is 6.31. The van der Waals surface area contributed by atoms with E-state index >= 15 is 0 Å². The molecule has 1 N–H and O–H groups in total. The first kappa shape index (κ1) is 25.5. The molecule has 2 aromatic rings. The number of hydrogen-bond donors (Lipinski definition) is 1. The molecule has 0 spiro atoms. The Morgan fingerprint density at radius 1 is 0.914 bits per heavy atom. The molecule has 1 saturated heterocycles. The number of piperazine rings is 1. The third-order valence-corrected chi connectivity index (χ3v) is 7.18. The molecule has 2 amide bonds. The molecule has 1 heterocycles. The zero-order valence-electron chi connectivity index (χ0n) is 19.1. The lowest BCUT2D eigenvalue weighted by Crippen LogP contribution is -2.51. The van der Waals surface area contributed by atoms with Gasteiger partial charge in [0.25, 0.3) is 5.91 Å². The van der Waals surface area contributed by atoms with Crippen LogP contribution in [-0.2, 0) is 9.59 Å². The van der Waals surface area contributed by atoms with Crippen molar-refractivity contribution < 1.29 is 23.1 Å². The smallest absolute Gasteiger partial charge is 0.258 e. The van der Waals surface area contributed by atoms with E-state index < -0.39 is 11.6 Å². The number of ether oxygens (including phenoxy) is 1. The Hall–Kier alpha value is -2.58. The van der Waals surface area contributed by atoms with Gasteiger partial charge in [0.2, 0.25) is 5.91 Å². The second-order valence-electron chi connectivity index (χ2n) is 8.89. The molecule has 10 heteroatoms. The number of nitrogens with one attached hydrogen (secondary N) is 1. The number of rotatable bonds is 6. The number of carbonyl (C=O) groups excluding carboxylic acids is 2. The zero-order valence-corrected chi connectivity index (χ0v) is 20.6. The van der Waals surface area contributed by atoms with Crippen molar-refractivity contribution in [1.29, 1.82) is 0 Å². The van der Waals surface area contributed by atoms with Gasteiger partial charge in [-0.25, -0.2) is 8.78 Å². The Balaban J connectivity index is 1.18. The zero-order chi connectivity index (χ0) is 24.9. The van der Waals surface area contributed by atoms with Crippen molar-refractivity contribution in [1.82, 2.24) is 10.2 Å². The van der Waals surface area contributed by atoms with Crippen LogP contribution in [0.4, 0.5) is 14.5 Å². The second kappa shape index (κ2) is 11.4. The van der Waals surface area contributed by atoms with Crippen LogP contribution in [0.1, 0.15) is 25.7 Å². The SMILES string of the molecule is O=C(COc1ccc(Cl)c(F)c1)N[C@H]1CC[C@H](C(=O)N2CCN(c3ccc(Cl)c(F)c3)CC2)CC1. The van der Waals surface area contributed by atoms with Gasteiger partial charge >= 0.3 is 0 Å². The van der Waals surface area contributed by atoms with Crippen molar-refractivity contribution in [2.75, 3.05) is 37.7 Å². The average Bonchev–Trinajstić information content (AvgIpc) is 2.86. The van der Waals surface area contributed by atoms with Crippen molar-refractivity contribution >= 4 is 40.7 Å². The minimum absolute atomic E-state index is 0.00747. The number of hydrogen-bond acceptors (Lipinski definition) is 4. The van der Waals surface area contributed by atoms with Crippen LogP contribution in [0.5, 0.6) is 5.75 Å². The van der Waals surface area contributed by atoms with Gasteiger partial charge in [-0.2, -0.15) is 0 Å². The Labute approximate surface area is 213 Å². The fourth-order valence-corrected chi connectivity index (χ4v) is 4.83. The van der Waals surface area contributed by atoms with E-state index in [1.165, 1.54) is 18.2 Å². The van der Waals surface area contributed by atoms with Crippen LogP contribution in [0.15, 0.2) is 36.4 Å². The van der Waals surface area contributed by atoms with E-state index in [2.05, 4.69) is 10.2 Å². The topological polar surface area (TPSA) is 61.9 Å². The molecule has 4 rings (SSSR count). The van der Waals surface area contributed by atoms with Crippen LogP contribution in [-0.4, -0.2) is 55.5 Å². The number of nitrogens with zero attached hydrogens (tertiary/aromatic N) is 2. The van der Waals surface area contributed by atoms with Crippen LogP contribution in [0.2, 0.25) is 10.0 Å². The molecule has 188 valence electrons. The summed E-state index contributed by atoms with van der Waals surface area (Å²) in [6, 6.07) is 8.76. The molecule has 6 nitrogen and oxygen atoms in total. The molecular weight excluding hydrogens is 499 g/mol. The van der Waals surface area contributed by atoms with E-state index in [4.69, 9.17) is 27.9 Å². The molecule has 0 unspecified atom stereocenters. The third-order valence-electron chi connectivity index (χ3n) is 6.56. The highest BCUT2D eigenvalue weighted by atomic mass is 35.5. The Morgan fingerprint density at radius 2 is 1.54 bits per heavy atom. The molecule has 2 fully saturated rings. The van der Waals surface area contributed by atoms with Crippen LogP contribution in [0, 0.1) is 17.6 Å². The Bertz CT molecular complexity index is 1070. The van der Waals surface area contributed by atoms with E-state index in [1.807, 2.05) is 4.90 Å². The number of carbonyl (C=O) groups is 2. The lowest BCUT2D eigenvalue weighted by molar-refractivity contribution is -0.137. The van der Waals surface area contributed by atoms with Crippen molar-refractivity contribution in [2.24, 2.45) is 5.92 Å². The van der Waals surface area contributed by atoms with Gasteiger partial charge in [0, 0.05) is 49.9 Å². The van der Waals surface area contributed by atoms with Gasteiger partial charge < -0.3 is 19.9 Å². The fraction of sp³-hybridized carbons (Fsp3) is 0.440. The summed E-state index contributed by atoms with van der Waals surface area (Å²) in [6.07, 6.45) is 2.83. The van der Waals surface area contributed by atoms with Gasteiger partial charge in [0.15, 0.2) is 6.61 Å². The van der Waals surface area contributed by atoms with Crippen LogP contribution >= 0.6 is 23.2 Å². The summed E-state index contributed by atoms with van der Waals surface area (Å²) in [5.74, 6) is -1.02. The molecule has 2 aromatic carbocycles. The molecule has 1 saturated carbocycles. The summed E-state index contributed by atoms with van der Waals surface area (Å²) >= 11 is 11.4. The van der Waals surface area contributed by atoms with Crippen LogP contribution in [0.25, 0.3) is 0 Å². The summed E-state index contributed by atoms with van der Waals surface area (Å²) < 4.78 is 32.6. The fourth-order valence-electron chi connectivity index (χ4n) is 4.59. The summed E-state index contributed by atoms with van der Waals surface area (Å²) in [7, 11) is 0. The number of amides is 2. The predicted octanol–water partition coefficient (Wildman–Crippen LogP) is 4.67. The normalized spacial score (nSPS) is 20.5. The molecule has 0 aromatic heterocycles. The van der Waals surface area contributed by atoms with Gasteiger partial charge in [-0.15, -0.1) is 0 Å². The first-order valence-corrected chi connectivity index (χ1v) is 12.4. The van der Waals surface area contributed by atoms with E-state index in [1.54, 1.807) is 12.1 Å². The molecular formula is C25H27Cl2F2N3O3. The molecule has 0 radical (unpaired) electrons. The molecule has 35 heavy (non-hydrogen) atoms. The summed E-state index contributed by atoms with van der Waals surface area (Å²) in [6.45, 7) is 2.22. The molecule has 1 aliphatic heterocycles. The van der Waals surface area contributed by atoms with Gasteiger partial charge in [0.1, 0.15) is 17.4 Å². The van der Waals surface area contributed by atoms with Gasteiger partial charge in [-0.1, -0.05) is 23.2 Å². The van der Waals surface area contributed by atoms with Crippen molar-refractivity contribution in [3.8, 4) is 5.75 Å². The maximum atomic E-state index is 13.8. The highest BCUT2D eigenvalue weighted by Gasteiger charge is 2.31. The molecule has 2 aliphatic rings. The lowest BCUT2D eigenvalue weighted by atomic mass is 9.85. The Kier molecular flexibility index (Phi) is 8.34. The number of benzene rings is 2. The summed E-state index contributed by atoms with van der Waals surface area (Å²) in [4.78, 5) is 29.2. The van der Waals surface area contributed by atoms with E-state index in [0.717, 1.165) is 11.8 Å². The average molecular weight is 526 g/mol. The number of anilines is 1. The van der Waals surface area contributed by atoms with Gasteiger partial charge in [-0.3, -0.25) is 9.59 Å². The van der Waals surface area contributed by atoms with Gasteiger partial charge in [0.05, 0.1) is 10.0 Å². The number of halogens is 4. The lowest BCUT2D eigenvalue weighted by Gasteiger charge is -2.39. The maximum Gasteiger partial charge on any atom is 0.258 e. The molecule has 1 aliphatic carbocycles. The second-order valence-corrected chi connectivity index (χ2v) is 9.71. The van der Waals surface area contributed by atoms with Crippen molar-refractivity contribution in [2.45, 2.75) is 31.7 Å². The quantitative estimate of drug-likeness (QED) is 0.595. The van der Waals surface area contributed by atoms with Crippen molar-refractivity contribution in [3.63, 3.8) is 0 Å². The van der Waals surface area contributed by atoms with Gasteiger partial charge in [-0.05, 0) is 56.0 Å². The van der Waals surface area contributed by atoms with E-state index in [-0.39, 0.29) is 46.2 Å². The first-order chi connectivity index (χ1) is 16.8. The minimum Gasteiger partial charge on any atom is -0.484 e. The minimum atomic E-state index is -0.604. The monoisotopic (exact) mass is 525 g/mol. The predicted molar refractivity (Wildman–Crippen MR) is 131 cm³/mol. The van der Waals surface area contributed by atoms with E-state index in [0.29, 0.717) is 51.9 Å². The summed E-state index contributed by atoms with van der Waals surface area (Å²) in [5.41, 5.74) is 0.764. The van der Waals surface area contributed by atoms with Crippen LogP contribution in [0.3, 0.4) is 0 Å². The standard InChI is InChI=1S/C25H27Cl2F2N3O3/c26-20-7-5-18(13-22(20)28)31-9-11-32(12-10-31)25(34)16-1-3-17(4-2-16)30-24(33)15-35-19-6-8-21(27)23(29)14-19/h5-8,13-14,16-17H,1-4,9-12,15H2,(H,30,33)/t16-,17-. The first-order valence-electron chi connectivity index (χ1n) is 11.7. The summed E-state index contributed by atoms with van der Waals surface area (Å²) in [5, 5.41) is 3.02. The third kappa shape index (κ3) is 6.55. The van der Waals surface area contributed by atoms with E-state index in [9.17, 15) is 18.4 Å². The Morgan fingerprint density at radius 3 is 2.17 bits per heavy atom. The molecule has 0 atom stereocenters. The van der Waals surface area contributed by atoms with Crippen LogP contribution < -0.4 is 15.0 Å². The highest BCUT2D eigenvalue weighted by Crippen LogP contribution is 2.28. The van der Waals surface area contributed by atoms with Crippen molar-refractivity contribution in [3.05, 3.63) is 58.1 Å². The largest absolute Gasteiger partial charge is 0.484 e. The maximum absolute atomic E-state index is 13.8. The molecule has 0 bridgehead atoms.